The van der Waals surface area contributed by atoms with Crippen LogP contribution < -0.4 is 10.2 Å². The molecule has 0 bridgehead atoms. The number of hydrogen-bond acceptors (Lipinski definition) is 5. The molecule has 0 radical (unpaired) electrons. The van der Waals surface area contributed by atoms with Gasteiger partial charge in [-0.15, -0.1) is 0 Å². The highest BCUT2D eigenvalue weighted by Gasteiger charge is 2.26. The van der Waals surface area contributed by atoms with E-state index in [1.165, 1.54) is 19.3 Å². The van der Waals surface area contributed by atoms with E-state index in [1.807, 2.05) is 19.4 Å². The van der Waals surface area contributed by atoms with Crippen LogP contribution in [0.2, 0.25) is 0 Å². The first-order valence-corrected chi connectivity index (χ1v) is 6.68. The molecule has 1 fully saturated rings. The molecule has 2 N–H and O–H groups in total. The van der Waals surface area contributed by atoms with E-state index in [1.54, 1.807) is 0 Å². The third kappa shape index (κ3) is 3.17. The lowest BCUT2D eigenvalue weighted by Crippen LogP contribution is -2.42. The van der Waals surface area contributed by atoms with Crippen molar-refractivity contribution in [3.8, 4) is 0 Å². The largest absolute Gasteiger partial charge is 0.396 e. The molecule has 1 aromatic rings. The third-order valence-corrected chi connectivity index (χ3v) is 3.40. The number of anilines is 1. The van der Waals surface area contributed by atoms with E-state index >= 15 is 0 Å². The molecule has 0 atom stereocenters. The second-order valence-electron chi connectivity index (χ2n) is 4.78. The van der Waals surface area contributed by atoms with E-state index in [0.29, 0.717) is 6.04 Å². The summed E-state index contributed by atoms with van der Waals surface area (Å²) in [5, 5.41) is 12.1. The summed E-state index contributed by atoms with van der Waals surface area (Å²) in [5.74, 6) is 0.799. The van der Waals surface area contributed by atoms with Gasteiger partial charge in [-0.2, -0.15) is 0 Å². The minimum absolute atomic E-state index is 0.223. The third-order valence-electron chi connectivity index (χ3n) is 3.40. The fourth-order valence-electron chi connectivity index (χ4n) is 2.18. The lowest BCUT2D eigenvalue weighted by Gasteiger charge is -2.37. The first-order valence-electron chi connectivity index (χ1n) is 6.68. The standard InChI is InChI=1S/C13H22N4O/c1-14-8-11-9-15-13(16-10-11)17(6-3-7-18)12-4-2-5-12/h9-10,12,14,18H,2-8H2,1H3. The molecule has 0 unspecified atom stereocenters. The summed E-state index contributed by atoms with van der Waals surface area (Å²) in [7, 11) is 1.91. The number of rotatable bonds is 7. The summed E-state index contributed by atoms with van der Waals surface area (Å²) < 4.78 is 0. The van der Waals surface area contributed by atoms with Crippen LogP contribution >= 0.6 is 0 Å². The quantitative estimate of drug-likeness (QED) is 0.754. The van der Waals surface area contributed by atoms with Crippen molar-refractivity contribution in [3.63, 3.8) is 0 Å². The van der Waals surface area contributed by atoms with Gasteiger partial charge < -0.3 is 15.3 Å². The van der Waals surface area contributed by atoms with Crippen molar-refractivity contribution in [2.24, 2.45) is 0 Å². The zero-order valence-corrected chi connectivity index (χ0v) is 11.0. The summed E-state index contributed by atoms with van der Waals surface area (Å²) in [6.45, 7) is 1.86. The highest BCUT2D eigenvalue weighted by Crippen LogP contribution is 2.27. The van der Waals surface area contributed by atoms with E-state index in [-0.39, 0.29) is 6.61 Å². The molecule has 1 saturated carbocycles. The van der Waals surface area contributed by atoms with E-state index < -0.39 is 0 Å². The van der Waals surface area contributed by atoms with Crippen LogP contribution in [-0.2, 0) is 6.54 Å². The van der Waals surface area contributed by atoms with Crippen molar-refractivity contribution >= 4 is 5.95 Å². The zero-order chi connectivity index (χ0) is 12.8. The van der Waals surface area contributed by atoms with Crippen molar-refractivity contribution < 1.29 is 5.11 Å². The molecule has 0 aromatic carbocycles. The van der Waals surface area contributed by atoms with Gasteiger partial charge in [-0.05, 0) is 32.7 Å². The summed E-state index contributed by atoms with van der Waals surface area (Å²) in [4.78, 5) is 11.1. The molecule has 5 nitrogen and oxygen atoms in total. The fraction of sp³-hybridized carbons (Fsp3) is 0.692. The van der Waals surface area contributed by atoms with Crippen molar-refractivity contribution in [2.75, 3.05) is 25.1 Å². The Morgan fingerprint density at radius 1 is 1.39 bits per heavy atom. The van der Waals surface area contributed by atoms with E-state index in [9.17, 15) is 0 Å². The van der Waals surface area contributed by atoms with Gasteiger partial charge in [-0.25, -0.2) is 9.97 Å². The number of aliphatic hydroxyl groups is 1. The van der Waals surface area contributed by atoms with Gasteiger partial charge >= 0.3 is 0 Å². The van der Waals surface area contributed by atoms with Gasteiger partial charge in [0.15, 0.2) is 0 Å². The van der Waals surface area contributed by atoms with Gasteiger partial charge in [-0.3, -0.25) is 0 Å². The Hall–Kier alpha value is -1.20. The molecular weight excluding hydrogens is 228 g/mol. The van der Waals surface area contributed by atoms with Crippen molar-refractivity contribution in [1.82, 2.24) is 15.3 Å². The molecule has 1 aliphatic carbocycles. The van der Waals surface area contributed by atoms with E-state index in [0.717, 1.165) is 31.0 Å². The lowest BCUT2D eigenvalue weighted by molar-refractivity contribution is 0.282. The summed E-state index contributed by atoms with van der Waals surface area (Å²) >= 11 is 0. The van der Waals surface area contributed by atoms with Crippen LogP contribution in [0.3, 0.4) is 0 Å². The van der Waals surface area contributed by atoms with Gasteiger partial charge in [0.25, 0.3) is 0 Å². The van der Waals surface area contributed by atoms with Crippen LogP contribution in [0.5, 0.6) is 0 Å². The molecule has 1 aliphatic rings. The topological polar surface area (TPSA) is 61.3 Å². The monoisotopic (exact) mass is 250 g/mol. The van der Waals surface area contributed by atoms with Gasteiger partial charge in [0.2, 0.25) is 5.95 Å². The predicted octanol–water partition coefficient (Wildman–Crippen LogP) is 0.937. The SMILES string of the molecule is CNCc1cnc(N(CCCO)C2CCC2)nc1. The van der Waals surface area contributed by atoms with Gasteiger partial charge in [0.1, 0.15) is 0 Å². The van der Waals surface area contributed by atoms with E-state index in [2.05, 4.69) is 20.2 Å². The summed E-state index contributed by atoms with van der Waals surface area (Å²) in [6.07, 6.45) is 8.25. The lowest BCUT2D eigenvalue weighted by atomic mass is 9.91. The molecule has 0 aliphatic heterocycles. The van der Waals surface area contributed by atoms with Crippen LogP contribution in [0.25, 0.3) is 0 Å². The Labute approximate surface area is 108 Å². The maximum Gasteiger partial charge on any atom is 0.225 e. The molecular formula is C13H22N4O. The molecule has 0 saturated heterocycles. The van der Waals surface area contributed by atoms with Crippen LogP contribution in [0.15, 0.2) is 12.4 Å². The first-order chi connectivity index (χ1) is 8.85. The van der Waals surface area contributed by atoms with Crippen LogP contribution in [0, 0.1) is 0 Å². The normalized spacial score (nSPS) is 15.4. The van der Waals surface area contributed by atoms with Gasteiger partial charge in [0.05, 0.1) is 0 Å². The maximum absolute atomic E-state index is 8.97. The highest BCUT2D eigenvalue weighted by atomic mass is 16.3. The highest BCUT2D eigenvalue weighted by molar-refractivity contribution is 5.32. The maximum atomic E-state index is 8.97. The number of aromatic nitrogens is 2. The van der Waals surface area contributed by atoms with Crippen LogP contribution in [0.1, 0.15) is 31.2 Å². The Morgan fingerprint density at radius 2 is 2.11 bits per heavy atom. The van der Waals surface area contributed by atoms with Crippen molar-refractivity contribution in [3.05, 3.63) is 18.0 Å². The van der Waals surface area contributed by atoms with Crippen molar-refractivity contribution in [1.29, 1.82) is 0 Å². The Bertz CT molecular complexity index is 351. The smallest absolute Gasteiger partial charge is 0.225 e. The second-order valence-corrected chi connectivity index (χ2v) is 4.78. The molecule has 1 heterocycles. The Kier molecular flexibility index (Phi) is 4.90. The summed E-state index contributed by atoms with van der Waals surface area (Å²) in [6, 6.07) is 0.562. The predicted molar refractivity (Wildman–Crippen MR) is 71.5 cm³/mol. The molecule has 2 rings (SSSR count). The number of aliphatic hydroxyl groups excluding tert-OH is 1. The molecule has 5 heteroatoms. The minimum Gasteiger partial charge on any atom is -0.396 e. The first kappa shape index (κ1) is 13.2. The molecule has 0 amide bonds. The fourth-order valence-corrected chi connectivity index (χ4v) is 2.18. The number of hydrogen-bond donors (Lipinski definition) is 2. The molecule has 1 aromatic heterocycles. The zero-order valence-electron chi connectivity index (χ0n) is 11.0. The minimum atomic E-state index is 0.223. The van der Waals surface area contributed by atoms with Gasteiger partial charge in [-0.1, -0.05) is 0 Å². The summed E-state index contributed by atoms with van der Waals surface area (Å²) in [5.41, 5.74) is 1.09. The van der Waals surface area contributed by atoms with E-state index in [4.69, 9.17) is 5.11 Å². The second kappa shape index (κ2) is 6.66. The molecule has 100 valence electrons. The molecule has 0 spiro atoms. The van der Waals surface area contributed by atoms with Crippen LogP contribution in [0.4, 0.5) is 5.95 Å². The van der Waals surface area contributed by atoms with Crippen molar-refractivity contribution in [2.45, 2.75) is 38.3 Å². The van der Waals surface area contributed by atoms with Crippen LogP contribution in [-0.4, -0.2) is 41.3 Å². The van der Waals surface area contributed by atoms with Gasteiger partial charge in [0, 0.05) is 43.7 Å². The number of nitrogens with zero attached hydrogens (tertiary/aromatic N) is 3. The Balaban J connectivity index is 2.03. The Morgan fingerprint density at radius 3 is 2.61 bits per heavy atom. The molecule has 18 heavy (non-hydrogen) atoms. The average Bonchev–Trinajstić information content (AvgIpc) is 2.33. The number of nitrogens with one attached hydrogen (secondary N) is 1. The average molecular weight is 250 g/mol.